The zero-order valence-corrected chi connectivity index (χ0v) is 20.0. The van der Waals surface area contributed by atoms with Crippen LogP contribution in [0.1, 0.15) is 24.0 Å². The van der Waals surface area contributed by atoms with Gasteiger partial charge in [-0.25, -0.2) is 12.7 Å². The highest BCUT2D eigenvalue weighted by molar-refractivity contribution is 8.01. The molecule has 2 aromatic rings. The fraction of sp³-hybridized carbons (Fsp3) is 0.474. The van der Waals surface area contributed by atoms with E-state index in [0.29, 0.717) is 35.4 Å². The lowest BCUT2D eigenvalue weighted by Gasteiger charge is -2.29. The Morgan fingerprint density at radius 3 is 2.52 bits per heavy atom. The van der Waals surface area contributed by atoms with Gasteiger partial charge in [-0.05, 0) is 49.9 Å². The van der Waals surface area contributed by atoms with Crippen LogP contribution < -0.4 is 10.6 Å². The molecule has 31 heavy (non-hydrogen) atoms. The second kappa shape index (κ2) is 10.1. The summed E-state index contributed by atoms with van der Waals surface area (Å²) in [7, 11) is -3.22. The molecular formula is C19H25N5O4S3. The average molecular weight is 484 g/mol. The summed E-state index contributed by atoms with van der Waals surface area (Å²) in [6, 6.07) is 5.75. The molecule has 9 nitrogen and oxygen atoms in total. The van der Waals surface area contributed by atoms with Crippen molar-refractivity contribution in [3.63, 3.8) is 0 Å². The molecule has 0 bridgehead atoms. The molecule has 0 unspecified atom stereocenters. The van der Waals surface area contributed by atoms with Crippen LogP contribution >= 0.6 is 23.1 Å². The molecule has 0 spiro atoms. The molecule has 0 aliphatic carbocycles. The molecule has 0 radical (unpaired) electrons. The molecule has 12 heteroatoms. The van der Waals surface area contributed by atoms with Crippen molar-refractivity contribution in [2.45, 2.75) is 31.0 Å². The lowest BCUT2D eigenvalue weighted by atomic mass is 9.97. The number of anilines is 2. The molecule has 3 rings (SSSR count). The van der Waals surface area contributed by atoms with Gasteiger partial charge >= 0.3 is 0 Å². The maximum atomic E-state index is 12.4. The Hall–Kier alpha value is -2.02. The summed E-state index contributed by atoms with van der Waals surface area (Å²) in [6.07, 6.45) is 2.12. The van der Waals surface area contributed by atoms with E-state index in [1.165, 1.54) is 33.7 Å². The molecule has 0 saturated carbocycles. The van der Waals surface area contributed by atoms with Gasteiger partial charge in [-0.3, -0.25) is 9.59 Å². The lowest BCUT2D eigenvalue weighted by molar-refractivity contribution is -0.121. The number of aromatic nitrogens is 2. The number of carbonyl (C=O) groups excluding carboxylic acids is 2. The smallest absolute Gasteiger partial charge is 0.234 e. The van der Waals surface area contributed by atoms with Crippen LogP contribution in [0.4, 0.5) is 10.8 Å². The van der Waals surface area contributed by atoms with Crippen LogP contribution in [0.2, 0.25) is 0 Å². The van der Waals surface area contributed by atoms with Crippen LogP contribution in [-0.4, -0.2) is 59.8 Å². The van der Waals surface area contributed by atoms with E-state index in [4.69, 9.17) is 0 Å². The first-order valence-corrected chi connectivity index (χ1v) is 13.4. The third kappa shape index (κ3) is 6.73. The molecular weight excluding hydrogens is 458 g/mol. The molecule has 1 aromatic heterocycles. The molecule has 1 saturated heterocycles. The summed E-state index contributed by atoms with van der Waals surface area (Å²) in [6.45, 7) is 4.68. The van der Waals surface area contributed by atoms with Crippen molar-refractivity contribution in [2.24, 2.45) is 5.92 Å². The Morgan fingerprint density at radius 1 is 1.16 bits per heavy atom. The fourth-order valence-electron chi connectivity index (χ4n) is 3.12. The van der Waals surface area contributed by atoms with Crippen LogP contribution in [0.3, 0.4) is 0 Å². The molecule has 1 fully saturated rings. The van der Waals surface area contributed by atoms with Gasteiger partial charge in [0.25, 0.3) is 0 Å². The van der Waals surface area contributed by atoms with Crippen molar-refractivity contribution in [1.82, 2.24) is 14.5 Å². The van der Waals surface area contributed by atoms with Crippen molar-refractivity contribution in [2.75, 3.05) is 35.7 Å². The van der Waals surface area contributed by atoms with Gasteiger partial charge in [0, 0.05) is 24.7 Å². The van der Waals surface area contributed by atoms with Crippen molar-refractivity contribution in [3.05, 3.63) is 29.3 Å². The number of sulfonamides is 1. The van der Waals surface area contributed by atoms with Gasteiger partial charge in [-0.2, -0.15) is 0 Å². The molecule has 2 N–H and O–H groups in total. The highest BCUT2D eigenvalue weighted by Crippen LogP contribution is 2.27. The van der Waals surface area contributed by atoms with E-state index in [1.54, 1.807) is 0 Å². The first kappa shape index (κ1) is 23.6. The van der Waals surface area contributed by atoms with Gasteiger partial charge in [0.2, 0.25) is 27.0 Å². The lowest BCUT2D eigenvalue weighted by Crippen LogP contribution is -2.40. The van der Waals surface area contributed by atoms with Crippen molar-refractivity contribution in [3.8, 4) is 0 Å². The van der Waals surface area contributed by atoms with E-state index in [0.717, 1.165) is 16.8 Å². The SMILES string of the molecule is Cc1ccc(NC(=O)CSc2nnc(NC(=O)C3CCN(S(C)(=O)=O)CC3)s2)cc1C. The number of hydrogen-bond donors (Lipinski definition) is 2. The molecule has 1 aliphatic heterocycles. The summed E-state index contributed by atoms with van der Waals surface area (Å²) in [5.41, 5.74) is 3.02. The number of amides is 2. The fourth-order valence-corrected chi connectivity index (χ4v) is 5.55. The first-order chi connectivity index (χ1) is 14.6. The Balaban J connectivity index is 1.45. The monoisotopic (exact) mass is 483 g/mol. The second-order valence-electron chi connectivity index (χ2n) is 7.43. The minimum atomic E-state index is -3.22. The van der Waals surface area contributed by atoms with Gasteiger partial charge < -0.3 is 10.6 Å². The summed E-state index contributed by atoms with van der Waals surface area (Å²) >= 11 is 2.46. The van der Waals surface area contributed by atoms with Crippen molar-refractivity contribution < 1.29 is 18.0 Å². The molecule has 2 amide bonds. The number of piperidine rings is 1. The number of nitrogens with one attached hydrogen (secondary N) is 2. The quantitative estimate of drug-likeness (QED) is 0.458. The zero-order valence-electron chi connectivity index (χ0n) is 17.5. The number of rotatable bonds is 7. The largest absolute Gasteiger partial charge is 0.325 e. The topological polar surface area (TPSA) is 121 Å². The minimum absolute atomic E-state index is 0.147. The van der Waals surface area contributed by atoms with Crippen molar-refractivity contribution in [1.29, 1.82) is 0 Å². The Bertz CT molecular complexity index is 1060. The number of thioether (sulfide) groups is 1. The van der Waals surface area contributed by atoms with E-state index < -0.39 is 10.0 Å². The number of aryl methyl sites for hydroxylation is 2. The molecule has 168 valence electrons. The van der Waals surface area contributed by atoms with Crippen LogP contribution in [-0.2, 0) is 19.6 Å². The Labute approximate surface area is 190 Å². The number of carbonyl (C=O) groups is 2. The second-order valence-corrected chi connectivity index (χ2v) is 11.6. The van der Waals surface area contributed by atoms with E-state index in [2.05, 4.69) is 20.8 Å². The first-order valence-electron chi connectivity index (χ1n) is 9.71. The normalized spacial score (nSPS) is 15.6. The number of hydrogen-bond acceptors (Lipinski definition) is 8. The van der Waals surface area contributed by atoms with Gasteiger partial charge in [-0.15, -0.1) is 10.2 Å². The number of benzene rings is 1. The molecule has 0 atom stereocenters. The van der Waals surface area contributed by atoms with Crippen molar-refractivity contribution >= 4 is 55.8 Å². The standard InChI is InChI=1S/C19H25N5O4S3/c1-12-4-5-15(10-13(12)2)20-16(25)11-29-19-23-22-18(30-19)21-17(26)14-6-8-24(9-7-14)31(3,27)28/h4-5,10,14H,6-9,11H2,1-3H3,(H,20,25)(H,21,22,26). The summed E-state index contributed by atoms with van der Waals surface area (Å²) in [5, 5.41) is 14.0. The van der Waals surface area contributed by atoms with Crippen LogP contribution in [0, 0.1) is 19.8 Å². The van der Waals surface area contributed by atoms with Crippen LogP contribution in [0.15, 0.2) is 22.5 Å². The predicted molar refractivity (Wildman–Crippen MR) is 123 cm³/mol. The highest BCUT2D eigenvalue weighted by atomic mass is 32.2. The summed E-state index contributed by atoms with van der Waals surface area (Å²) in [4.78, 5) is 24.6. The van der Waals surface area contributed by atoms with Gasteiger partial charge in [0.1, 0.15) is 0 Å². The third-order valence-corrected chi connectivity index (χ3v) is 8.32. The van der Waals surface area contributed by atoms with E-state index in [1.807, 2.05) is 32.0 Å². The summed E-state index contributed by atoms with van der Waals surface area (Å²) in [5.74, 6) is -0.416. The van der Waals surface area contributed by atoms with E-state index in [-0.39, 0.29) is 23.5 Å². The predicted octanol–water partition coefficient (Wildman–Crippen LogP) is 2.50. The Morgan fingerprint density at radius 2 is 1.87 bits per heavy atom. The highest BCUT2D eigenvalue weighted by Gasteiger charge is 2.29. The van der Waals surface area contributed by atoms with E-state index >= 15 is 0 Å². The molecule has 2 heterocycles. The van der Waals surface area contributed by atoms with Gasteiger partial charge in [0.15, 0.2) is 4.34 Å². The van der Waals surface area contributed by atoms with E-state index in [9.17, 15) is 18.0 Å². The third-order valence-electron chi connectivity index (χ3n) is 5.05. The van der Waals surface area contributed by atoms with Crippen LogP contribution in [0.5, 0.6) is 0 Å². The van der Waals surface area contributed by atoms with Gasteiger partial charge in [0.05, 0.1) is 12.0 Å². The zero-order chi connectivity index (χ0) is 22.6. The Kier molecular flexibility index (Phi) is 7.68. The maximum absolute atomic E-state index is 12.4. The average Bonchev–Trinajstić information content (AvgIpc) is 3.16. The maximum Gasteiger partial charge on any atom is 0.234 e. The summed E-state index contributed by atoms with van der Waals surface area (Å²) < 4.78 is 25.1. The van der Waals surface area contributed by atoms with Crippen LogP contribution in [0.25, 0.3) is 0 Å². The minimum Gasteiger partial charge on any atom is -0.325 e. The molecule has 1 aliphatic rings. The van der Waals surface area contributed by atoms with Gasteiger partial charge in [-0.1, -0.05) is 29.2 Å². The molecule has 1 aromatic carbocycles. The number of nitrogens with zero attached hydrogens (tertiary/aromatic N) is 3.